The molecule has 6 nitrogen and oxygen atoms in total. The summed E-state index contributed by atoms with van der Waals surface area (Å²) in [6.07, 6.45) is 0. The van der Waals surface area contributed by atoms with E-state index < -0.39 is 0 Å². The Labute approximate surface area is 187 Å². The molecule has 0 aliphatic rings. The molecule has 1 unspecified atom stereocenters. The smallest absolute Gasteiger partial charge is 0.192 e. The van der Waals surface area contributed by atoms with Gasteiger partial charge in [-0.15, -0.1) is 34.2 Å². The van der Waals surface area contributed by atoms with Crippen LogP contribution in [-0.2, 0) is 20.1 Å². The summed E-state index contributed by atoms with van der Waals surface area (Å²) in [4.78, 5) is 4.57. The van der Waals surface area contributed by atoms with Gasteiger partial charge in [-0.3, -0.25) is 0 Å². The molecule has 1 heterocycles. The maximum absolute atomic E-state index is 13.9. The number of aromatic nitrogens is 3. The van der Waals surface area contributed by atoms with Crippen LogP contribution in [0.15, 0.2) is 59.6 Å². The van der Waals surface area contributed by atoms with Gasteiger partial charge in [0.2, 0.25) is 0 Å². The SMILES string of the molecule is Cc1nnc(CNC(=NCc2ccccc2F)NC(C)c2ccccc2)n1C.I. The lowest BCUT2D eigenvalue weighted by Crippen LogP contribution is -2.39. The van der Waals surface area contributed by atoms with Crippen LogP contribution in [0.3, 0.4) is 0 Å². The second kappa shape index (κ2) is 10.9. The summed E-state index contributed by atoms with van der Waals surface area (Å²) in [5, 5.41) is 14.9. The molecule has 3 aromatic rings. The van der Waals surface area contributed by atoms with Crippen molar-refractivity contribution in [2.45, 2.75) is 33.0 Å². The predicted octanol–water partition coefficient (Wildman–Crippen LogP) is 3.88. The third-order valence-electron chi connectivity index (χ3n) is 4.61. The van der Waals surface area contributed by atoms with Crippen molar-refractivity contribution in [3.63, 3.8) is 0 Å². The summed E-state index contributed by atoms with van der Waals surface area (Å²) >= 11 is 0. The maximum atomic E-state index is 13.9. The van der Waals surface area contributed by atoms with Crippen molar-refractivity contribution in [1.29, 1.82) is 0 Å². The molecule has 0 amide bonds. The van der Waals surface area contributed by atoms with E-state index in [4.69, 9.17) is 0 Å². The molecule has 154 valence electrons. The van der Waals surface area contributed by atoms with Crippen LogP contribution in [0.2, 0.25) is 0 Å². The van der Waals surface area contributed by atoms with Crippen LogP contribution < -0.4 is 10.6 Å². The first-order chi connectivity index (χ1) is 13.5. The van der Waals surface area contributed by atoms with E-state index in [9.17, 15) is 4.39 Å². The zero-order chi connectivity index (χ0) is 19.9. The largest absolute Gasteiger partial charge is 0.350 e. The Bertz CT molecular complexity index is 941. The number of hydrogen-bond donors (Lipinski definition) is 2. The number of benzene rings is 2. The van der Waals surface area contributed by atoms with E-state index in [2.05, 4.69) is 44.9 Å². The van der Waals surface area contributed by atoms with Gasteiger partial charge < -0.3 is 15.2 Å². The molecule has 0 bridgehead atoms. The van der Waals surface area contributed by atoms with Crippen LogP contribution in [-0.4, -0.2) is 20.7 Å². The molecule has 1 aromatic heterocycles. The summed E-state index contributed by atoms with van der Waals surface area (Å²) in [6, 6.07) is 16.8. The van der Waals surface area contributed by atoms with Gasteiger partial charge in [-0.2, -0.15) is 0 Å². The van der Waals surface area contributed by atoms with E-state index in [1.807, 2.05) is 42.8 Å². The van der Waals surface area contributed by atoms with Gasteiger partial charge in [0.25, 0.3) is 0 Å². The van der Waals surface area contributed by atoms with Crippen molar-refractivity contribution >= 4 is 29.9 Å². The molecular weight excluding hydrogens is 482 g/mol. The van der Waals surface area contributed by atoms with Crippen molar-refractivity contribution in [3.05, 3.63) is 83.2 Å². The Morgan fingerprint density at radius 3 is 2.45 bits per heavy atom. The van der Waals surface area contributed by atoms with Crippen molar-refractivity contribution in [2.24, 2.45) is 12.0 Å². The molecule has 0 saturated heterocycles. The van der Waals surface area contributed by atoms with Crippen molar-refractivity contribution in [2.75, 3.05) is 0 Å². The first kappa shape index (κ1) is 22.8. The van der Waals surface area contributed by atoms with Crippen LogP contribution in [0.25, 0.3) is 0 Å². The molecule has 0 fully saturated rings. The van der Waals surface area contributed by atoms with E-state index >= 15 is 0 Å². The van der Waals surface area contributed by atoms with Crippen molar-refractivity contribution < 1.29 is 4.39 Å². The maximum Gasteiger partial charge on any atom is 0.192 e. The molecule has 1 atom stereocenters. The molecule has 2 N–H and O–H groups in total. The Hall–Kier alpha value is -2.49. The lowest BCUT2D eigenvalue weighted by atomic mass is 10.1. The molecule has 0 aliphatic heterocycles. The third kappa shape index (κ3) is 6.25. The number of nitrogens with zero attached hydrogens (tertiary/aromatic N) is 4. The molecule has 8 heteroatoms. The monoisotopic (exact) mass is 508 g/mol. The number of rotatable bonds is 6. The van der Waals surface area contributed by atoms with Crippen LogP contribution >= 0.6 is 24.0 Å². The summed E-state index contributed by atoms with van der Waals surface area (Å²) in [5.74, 6) is 1.96. The molecule has 0 spiro atoms. The minimum Gasteiger partial charge on any atom is -0.350 e. The fourth-order valence-corrected chi connectivity index (χ4v) is 2.74. The van der Waals surface area contributed by atoms with E-state index in [-0.39, 0.29) is 42.4 Å². The van der Waals surface area contributed by atoms with E-state index in [1.54, 1.807) is 12.1 Å². The highest BCUT2D eigenvalue weighted by atomic mass is 127. The van der Waals surface area contributed by atoms with E-state index in [1.165, 1.54) is 6.07 Å². The molecule has 29 heavy (non-hydrogen) atoms. The van der Waals surface area contributed by atoms with Gasteiger partial charge in [-0.1, -0.05) is 48.5 Å². The molecule has 0 saturated carbocycles. The molecule has 3 rings (SSSR count). The van der Waals surface area contributed by atoms with Crippen LogP contribution in [0.1, 0.15) is 35.7 Å². The zero-order valence-corrected chi connectivity index (χ0v) is 19.1. The highest BCUT2D eigenvalue weighted by Gasteiger charge is 2.10. The fraction of sp³-hybridized carbons (Fsp3) is 0.286. The van der Waals surface area contributed by atoms with Gasteiger partial charge in [0, 0.05) is 12.6 Å². The number of aliphatic imine (C=N–C) groups is 1. The minimum atomic E-state index is -0.259. The van der Waals surface area contributed by atoms with Crippen LogP contribution in [0, 0.1) is 12.7 Å². The highest BCUT2D eigenvalue weighted by molar-refractivity contribution is 14.0. The van der Waals surface area contributed by atoms with E-state index in [0.29, 0.717) is 18.1 Å². The molecular formula is C21H26FIN6. The summed E-state index contributed by atoms with van der Waals surface area (Å²) in [6.45, 7) is 4.66. The Kier molecular flexibility index (Phi) is 8.56. The Morgan fingerprint density at radius 2 is 1.79 bits per heavy atom. The van der Waals surface area contributed by atoms with Crippen LogP contribution in [0.5, 0.6) is 0 Å². The molecule has 0 radical (unpaired) electrons. The van der Waals surface area contributed by atoms with Gasteiger partial charge >= 0.3 is 0 Å². The zero-order valence-electron chi connectivity index (χ0n) is 16.8. The van der Waals surface area contributed by atoms with Gasteiger partial charge in [0.1, 0.15) is 11.6 Å². The number of aryl methyl sites for hydroxylation is 1. The van der Waals surface area contributed by atoms with Gasteiger partial charge in [0.15, 0.2) is 11.8 Å². The Balaban J connectivity index is 0.00000300. The van der Waals surface area contributed by atoms with Gasteiger partial charge in [-0.05, 0) is 25.5 Å². The normalized spacial score (nSPS) is 12.2. The second-order valence-electron chi connectivity index (χ2n) is 6.61. The summed E-state index contributed by atoms with van der Waals surface area (Å²) in [7, 11) is 1.92. The van der Waals surface area contributed by atoms with Gasteiger partial charge in [-0.25, -0.2) is 9.38 Å². The summed E-state index contributed by atoms with van der Waals surface area (Å²) < 4.78 is 15.9. The lowest BCUT2D eigenvalue weighted by Gasteiger charge is -2.18. The predicted molar refractivity (Wildman–Crippen MR) is 124 cm³/mol. The first-order valence-corrected chi connectivity index (χ1v) is 9.22. The number of halogens is 2. The molecule has 0 aliphatic carbocycles. The van der Waals surface area contributed by atoms with Crippen LogP contribution in [0.4, 0.5) is 4.39 Å². The van der Waals surface area contributed by atoms with Crippen molar-refractivity contribution in [1.82, 2.24) is 25.4 Å². The first-order valence-electron chi connectivity index (χ1n) is 9.22. The number of guanidine groups is 1. The molecule has 2 aromatic carbocycles. The summed E-state index contributed by atoms with van der Waals surface area (Å²) in [5.41, 5.74) is 1.68. The highest BCUT2D eigenvalue weighted by Crippen LogP contribution is 2.12. The quantitative estimate of drug-likeness (QED) is 0.302. The Morgan fingerprint density at radius 1 is 1.10 bits per heavy atom. The average molecular weight is 508 g/mol. The average Bonchev–Trinajstić information content (AvgIpc) is 3.03. The topological polar surface area (TPSA) is 67.1 Å². The number of hydrogen-bond acceptors (Lipinski definition) is 3. The van der Waals surface area contributed by atoms with E-state index in [0.717, 1.165) is 17.2 Å². The minimum absolute atomic E-state index is 0. The third-order valence-corrected chi connectivity index (χ3v) is 4.61. The van der Waals surface area contributed by atoms with Crippen molar-refractivity contribution in [3.8, 4) is 0 Å². The lowest BCUT2D eigenvalue weighted by molar-refractivity contribution is 0.609. The second-order valence-corrected chi connectivity index (χ2v) is 6.61. The fourth-order valence-electron chi connectivity index (χ4n) is 2.74. The standard InChI is InChI=1S/C21H25FN6.HI/c1-15(17-9-5-4-6-10-17)25-21(23-13-18-11-7-8-12-19(18)22)24-14-20-27-26-16(2)28(20)3;/h4-12,15H,13-14H2,1-3H3,(H2,23,24,25);1H. The number of nitrogens with one attached hydrogen (secondary N) is 2. The van der Waals surface area contributed by atoms with Gasteiger partial charge in [0.05, 0.1) is 19.1 Å².